The third-order valence-corrected chi connectivity index (χ3v) is 5.88. The second kappa shape index (κ2) is 10.3. The number of rotatable bonds is 8. The number of para-hydroxylation sites is 1. The average molecular weight is 454 g/mol. The van der Waals surface area contributed by atoms with E-state index in [1.54, 1.807) is 6.20 Å². The van der Waals surface area contributed by atoms with Crippen LogP contribution in [0.15, 0.2) is 66.9 Å². The summed E-state index contributed by atoms with van der Waals surface area (Å²) < 4.78 is 0. The fourth-order valence-electron chi connectivity index (χ4n) is 4.16. The Kier molecular flexibility index (Phi) is 7.07. The summed E-state index contributed by atoms with van der Waals surface area (Å²) >= 11 is 0. The Bertz CT molecular complexity index is 1280. The molecular weight excluding hydrogens is 422 g/mol. The molecule has 0 aliphatic carbocycles. The Morgan fingerprint density at radius 3 is 2.44 bits per heavy atom. The van der Waals surface area contributed by atoms with E-state index < -0.39 is 0 Å². The highest BCUT2D eigenvalue weighted by Gasteiger charge is 2.21. The van der Waals surface area contributed by atoms with Crippen LogP contribution in [0.1, 0.15) is 49.4 Å². The smallest absolute Gasteiger partial charge is 0.253 e. The van der Waals surface area contributed by atoms with E-state index in [1.807, 2.05) is 72.8 Å². The van der Waals surface area contributed by atoms with Gasteiger partial charge in [0.2, 0.25) is 0 Å². The summed E-state index contributed by atoms with van der Waals surface area (Å²) in [5, 5.41) is 15.2. The van der Waals surface area contributed by atoms with Gasteiger partial charge in [0.25, 0.3) is 5.91 Å². The Morgan fingerprint density at radius 1 is 0.941 bits per heavy atom. The largest absolute Gasteiger partial charge is 0.355 e. The lowest BCUT2D eigenvalue weighted by Crippen LogP contribution is -2.42. The molecule has 4 aromatic rings. The molecule has 2 heterocycles. The van der Waals surface area contributed by atoms with Gasteiger partial charge in [-0.1, -0.05) is 45.9 Å². The van der Waals surface area contributed by atoms with Gasteiger partial charge in [-0.15, -0.1) is 0 Å². The molecule has 0 radical (unpaired) electrons. The van der Waals surface area contributed by atoms with E-state index in [-0.39, 0.29) is 11.9 Å². The first-order valence-electron chi connectivity index (χ1n) is 11.7. The molecule has 0 bridgehead atoms. The van der Waals surface area contributed by atoms with Gasteiger partial charge in [0, 0.05) is 23.3 Å². The van der Waals surface area contributed by atoms with Crippen molar-refractivity contribution in [2.24, 2.45) is 11.8 Å². The van der Waals surface area contributed by atoms with E-state index in [2.05, 4.69) is 53.5 Å². The first-order chi connectivity index (χ1) is 16.4. The third kappa shape index (κ3) is 5.34. The highest BCUT2D eigenvalue weighted by Crippen LogP contribution is 2.26. The molecule has 0 fully saturated rings. The number of aromatic amines is 1. The fourth-order valence-corrected chi connectivity index (χ4v) is 4.16. The predicted molar refractivity (Wildman–Crippen MR) is 140 cm³/mol. The van der Waals surface area contributed by atoms with Gasteiger partial charge in [-0.3, -0.25) is 14.9 Å². The van der Waals surface area contributed by atoms with Crippen molar-refractivity contribution in [1.29, 1.82) is 0 Å². The molecule has 6 nitrogen and oxygen atoms in total. The number of carbonyl (C=O) groups excluding carboxylic acids is 1. The van der Waals surface area contributed by atoms with E-state index in [4.69, 9.17) is 0 Å². The van der Waals surface area contributed by atoms with Crippen LogP contribution in [0.25, 0.3) is 23.1 Å². The number of H-pyrrole nitrogens is 1. The zero-order valence-corrected chi connectivity index (χ0v) is 20.0. The maximum absolute atomic E-state index is 13.1. The number of aromatic nitrogens is 3. The van der Waals surface area contributed by atoms with Crippen LogP contribution in [-0.2, 0) is 0 Å². The summed E-state index contributed by atoms with van der Waals surface area (Å²) in [6.07, 6.45) is 5.66. The zero-order valence-electron chi connectivity index (χ0n) is 20.0. The molecule has 0 saturated heterocycles. The van der Waals surface area contributed by atoms with Crippen molar-refractivity contribution in [1.82, 2.24) is 20.5 Å². The molecule has 3 N–H and O–H groups in total. The van der Waals surface area contributed by atoms with Crippen molar-refractivity contribution in [3.05, 3.63) is 83.8 Å². The molecule has 1 amide bonds. The summed E-state index contributed by atoms with van der Waals surface area (Å²) in [4.78, 5) is 17.4. The lowest BCUT2D eigenvalue weighted by Gasteiger charge is -2.26. The van der Waals surface area contributed by atoms with Crippen LogP contribution in [0.2, 0.25) is 0 Å². The van der Waals surface area contributed by atoms with Crippen LogP contribution in [0.3, 0.4) is 0 Å². The molecule has 0 aliphatic heterocycles. The van der Waals surface area contributed by atoms with Crippen molar-refractivity contribution in [2.75, 3.05) is 5.32 Å². The van der Waals surface area contributed by atoms with E-state index in [0.717, 1.165) is 33.7 Å². The number of hydrogen-bond acceptors (Lipinski definition) is 4. The first kappa shape index (κ1) is 23.2. The Morgan fingerprint density at radius 2 is 1.71 bits per heavy atom. The molecule has 0 unspecified atom stereocenters. The number of carbonyl (C=O) groups is 1. The van der Waals surface area contributed by atoms with Crippen molar-refractivity contribution >= 4 is 40.3 Å². The molecule has 6 heteroatoms. The normalized spacial score (nSPS) is 11.7. The fraction of sp³-hybridized carbons (Fsp3) is 0.250. The molecule has 34 heavy (non-hydrogen) atoms. The molecule has 0 saturated carbocycles. The predicted octanol–water partition coefficient (Wildman–Crippen LogP) is 6.28. The SMILES string of the molecule is CC(C)C(NC(=O)c1ccccc1Nc1ccc2c(/C=C/c3ccccn3)n[nH]c2c1)C(C)C. The van der Waals surface area contributed by atoms with Crippen molar-refractivity contribution in [3.8, 4) is 0 Å². The summed E-state index contributed by atoms with van der Waals surface area (Å²) in [5.41, 5.74) is 4.90. The van der Waals surface area contributed by atoms with E-state index in [0.29, 0.717) is 17.4 Å². The van der Waals surface area contributed by atoms with E-state index in [9.17, 15) is 4.79 Å². The topological polar surface area (TPSA) is 82.7 Å². The molecule has 2 aromatic carbocycles. The van der Waals surface area contributed by atoms with E-state index in [1.165, 1.54) is 0 Å². The molecular formula is C28H31N5O. The maximum atomic E-state index is 13.1. The van der Waals surface area contributed by atoms with Gasteiger partial charge in [-0.25, -0.2) is 0 Å². The van der Waals surface area contributed by atoms with Gasteiger partial charge < -0.3 is 10.6 Å². The average Bonchev–Trinajstić information content (AvgIpc) is 3.24. The minimum atomic E-state index is -0.0694. The number of nitrogens with one attached hydrogen (secondary N) is 3. The Labute approximate surface area is 200 Å². The minimum Gasteiger partial charge on any atom is -0.355 e. The first-order valence-corrected chi connectivity index (χ1v) is 11.7. The highest BCUT2D eigenvalue weighted by atomic mass is 16.1. The van der Waals surface area contributed by atoms with Crippen LogP contribution in [0.5, 0.6) is 0 Å². The molecule has 174 valence electrons. The number of amides is 1. The number of nitrogens with zero attached hydrogens (tertiary/aromatic N) is 2. The van der Waals surface area contributed by atoms with Gasteiger partial charge >= 0.3 is 0 Å². The number of pyridine rings is 1. The highest BCUT2D eigenvalue weighted by molar-refractivity contribution is 6.01. The van der Waals surface area contributed by atoms with Crippen LogP contribution in [0, 0.1) is 11.8 Å². The Hall–Kier alpha value is -3.93. The van der Waals surface area contributed by atoms with Gasteiger partial charge in [0.15, 0.2) is 0 Å². The molecule has 4 rings (SSSR count). The van der Waals surface area contributed by atoms with Gasteiger partial charge in [0.1, 0.15) is 0 Å². The number of fused-ring (bicyclic) bond motifs is 1. The second-order valence-electron chi connectivity index (χ2n) is 9.12. The second-order valence-corrected chi connectivity index (χ2v) is 9.12. The zero-order chi connectivity index (χ0) is 24.1. The van der Waals surface area contributed by atoms with Gasteiger partial charge in [0.05, 0.1) is 28.2 Å². The van der Waals surface area contributed by atoms with Crippen molar-refractivity contribution in [3.63, 3.8) is 0 Å². The summed E-state index contributed by atoms with van der Waals surface area (Å²) in [6.45, 7) is 8.53. The van der Waals surface area contributed by atoms with E-state index >= 15 is 0 Å². The summed E-state index contributed by atoms with van der Waals surface area (Å²) in [6, 6.07) is 19.5. The Balaban J connectivity index is 1.54. The molecule has 2 aromatic heterocycles. The number of anilines is 2. The van der Waals surface area contributed by atoms with Gasteiger partial charge in [-0.2, -0.15) is 5.10 Å². The molecule has 0 atom stereocenters. The third-order valence-electron chi connectivity index (χ3n) is 5.88. The van der Waals surface area contributed by atoms with Crippen LogP contribution >= 0.6 is 0 Å². The van der Waals surface area contributed by atoms with Crippen LogP contribution in [-0.4, -0.2) is 27.1 Å². The lowest BCUT2D eigenvalue weighted by atomic mass is 9.93. The number of benzene rings is 2. The lowest BCUT2D eigenvalue weighted by molar-refractivity contribution is 0.0911. The quantitative estimate of drug-likeness (QED) is 0.293. The molecule has 0 aliphatic rings. The minimum absolute atomic E-state index is 0.0694. The van der Waals surface area contributed by atoms with Crippen LogP contribution < -0.4 is 10.6 Å². The van der Waals surface area contributed by atoms with Crippen molar-refractivity contribution < 1.29 is 4.79 Å². The summed E-state index contributed by atoms with van der Waals surface area (Å²) in [5.74, 6) is 0.639. The number of hydrogen-bond donors (Lipinski definition) is 3. The van der Waals surface area contributed by atoms with Gasteiger partial charge in [-0.05, 0) is 66.5 Å². The maximum Gasteiger partial charge on any atom is 0.253 e. The summed E-state index contributed by atoms with van der Waals surface area (Å²) in [7, 11) is 0. The standard InChI is InChI=1S/C28H31N5O/c1-18(2)27(19(3)4)31-28(34)23-10-5-6-11-24(23)30-21-12-14-22-25(32-33-26(22)17-21)15-13-20-9-7-8-16-29-20/h5-19,27,30H,1-4H3,(H,31,34)(H,32,33)/b15-13+. The van der Waals surface area contributed by atoms with Crippen LogP contribution in [0.4, 0.5) is 11.4 Å². The van der Waals surface area contributed by atoms with Crippen molar-refractivity contribution in [2.45, 2.75) is 33.7 Å². The molecule has 0 spiro atoms. The monoisotopic (exact) mass is 453 g/mol.